The molecular formula is C61H70F2N14O5. The Bertz CT molecular complexity index is 3300. The van der Waals surface area contributed by atoms with E-state index < -0.39 is 6.43 Å². The lowest BCUT2D eigenvalue weighted by Crippen LogP contribution is -2.55. The lowest BCUT2D eigenvalue weighted by molar-refractivity contribution is -0.129. The van der Waals surface area contributed by atoms with Crippen molar-refractivity contribution in [1.29, 1.82) is 10.5 Å². The summed E-state index contributed by atoms with van der Waals surface area (Å²) in [5, 5.41) is 21.9. The number of anilines is 4. The van der Waals surface area contributed by atoms with Gasteiger partial charge in [0.05, 0.1) is 68.1 Å². The van der Waals surface area contributed by atoms with Crippen LogP contribution in [0.1, 0.15) is 65.2 Å². The summed E-state index contributed by atoms with van der Waals surface area (Å²) in [5.41, 5.74) is 6.30. The van der Waals surface area contributed by atoms with Crippen LogP contribution in [0.15, 0.2) is 86.0 Å². The van der Waals surface area contributed by atoms with E-state index in [1.54, 1.807) is 28.0 Å². The summed E-state index contributed by atoms with van der Waals surface area (Å²) in [7, 11) is 4.19. The Hall–Kier alpha value is -7.98. The van der Waals surface area contributed by atoms with E-state index in [4.69, 9.17) is 34.1 Å². The maximum atomic E-state index is 14.3. The monoisotopic (exact) mass is 1120 g/mol. The molecule has 4 fully saturated rings. The number of likely N-dealkylation sites (N-methyl/N-ethyl adjacent to an activating group) is 2. The van der Waals surface area contributed by atoms with Gasteiger partial charge in [0.25, 0.3) is 6.43 Å². The minimum Gasteiger partial charge on any atom is -0.462 e. The summed E-state index contributed by atoms with van der Waals surface area (Å²) < 4.78 is 47.7. The Balaban J connectivity index is 0.832. The number of nitriles is 2. The van der Waals surface area contributed by atoms with Gasteiger partial charge in [0.2, 0.25) is 11.8 Å². The van der Waals surface area contributed by atoms with Crippen LogP contribution in [0, 0.1) is 22.7 Å². The van der Waals surface area contributed by atoms with E-state index in [-0.39, 0.29) is 78.9 Å². The number of morpholine rings is 1. The number of alkyl halides is 2. The molecule has 21 heteroatoms. The van der Waals surface area contributed by atoms with Gasteiger partial charge in [-0.3, -0.25) is 14.5 Å². The van der Waals surface area contributed by atoms with Crippen LogP contribution in [0.25, 0.3) is 10.8 Å². The number of hydrogen-bond acceptors (Lipinski definition) is 17. The van der Waals surface area contributed by atoms with E-state index in [2.05, 4.69) is 100 Å². The van der Waals surface area contributed by atoms with Crippen LogP contribution in [0.5, 0.6) is 12.0 Å². The summed E-state index contributed by atoms with van der Waals surface area (Å²) >= 11 is 0. The van der Waals surface area contributed by atoms with Crippen molar-refractivity contribution in [1.82, 2.24) is 39.5 Å². The average Bonchev–Trinajstić information content (AvgIpc) is 3.76. The summed E-state index contributed by atoms with van der Waals surface area (Å²) in [5.74, 6) is 1.23. The molecular weight excluding hydrogens is 1050 g/mol. The van der Waals surface area contributed by atoms with Crippen LogP contribution >= 0.6 is 0 Å². The Morgan fingerprint density at radius 2 is 1.24 bits per heavy atom. The molecule has 19 nitrogen and oxygen atoms in total. The smallest absolute Gasteiger partial charge is 0.318 e. The first-order chi connectivity index (χ1) is 39.9. The minimum absolute atomic E-state index is 0.0181. The van der Waals surface area contributed by atoms with Gasteiger partial charge >= 0.3 is 12.0 Å². The van der Waals surface area contributed by atoms with Crippen LogP contribution in [0.4, 0.5) is 31.8 Å². The fourth-order valence-electron chi connectivity index (χ4n) is 13.0. The number of hydrogen-bond donors (Lipinski definition) is 0. The lowest BCUT2D eigenvalue weighted by atomic mass is 9.90. The van der Waals surface area contributed by atoms with Gasteiger partial charge in [-0.15, -0.1) is 0 Å². The largest absolute Gasteiger partial charge is 0.462 e. The van der Waals surface area contributed by atoms with E-state index in [0.717, 1.165) is 66.3 Å². The number of para-hydroxylation sites is 1. The molecule has 0 radical (unpaired) electrons. The third-order valence-electron chi connectivity index (χ3n) is 17.2. The van der Waals surface area contributed by atoms with E-state index >= 15 is 0 Å². The minimum atomic E-state index is -2.64. The molecule has 8 heterocycles. The van der Waals surface area contributed by atoms with Crippen LogP contribution in [-0.4, -0.2) is 181 Å². The summed E-state index contributed by atoms with van der Waals surface area (Å²) in [6.45, 7) is 15.7. The number of piperazine rings is 2. The lowest BCUT2D eigenvalue weighted by Gasteiger charge is -2.42. The highest BCUT2D eigenvalue weighted by Crippen LogP contribution is 2.42. The van der Waals surface area contributed by atoms with E-state index in [0.29, 0.717) is 102 Å². The molecule has 3 aromatic carbocycles. The first kappa shape index (κ1) is 55.9. The van der Waals surface area contributed by atoms with Crippen molar-refractivity contribution in [2.45, 2.75) is 81.8 Å². The van der Waals surface area contributed by atoms with Crippen LogP contribution in [0.3, 0.4) is 0 Å². The van der Waals surface area contributed by atoms with Crippen molar-refractivity contribution >= 4 is 45.6 Å². The second-order valence-corrected chi connectivity index (χ2v) is 22.2. The summed E-state index contributed by atoms with van der Waals surface area (Å²) in [6, 6.07) is 24.0. The highest BCUT2D eigenvalue weighted by atomic mass is 19.3. The highest BCUT2D eigenvalue weighted by Gasteiger charge is 2.38. The molecule has 6 aliphatic rings. The normalized spacial score (nSPS) is 22.4. The predicted octanol–water partition coefficient (Wildman–Crippen LogP) is 6.29. The molecule has 6 aliphatic heterocycles. The molecule has 0 bridgehead atoms. The van der Waals surface area contributed by atoms with Gasteiger partial charge < -0.3 is 48.5 Å². The number of benzene rings is 3. The molecule has 2 unspecified atom stereocenters. The zero-order valence-corrected chi connectivity index (χ0v) is 46.7. The Kier molecular flexibility index (Phi) is 16.8. The number of nitrogens with zero attached hydrogens (tertiary/aromatic N) is 14. The molecule has 0 saturated carbocycles. The number of aromatic nitrogens is 4. The number of ether oxygens (including phenoxy) is 3. The zero-order valence-electron chi connectivity index (χ0n) is 46.7. The SMILES string of the molecule is C=CC(=O)N1CCN(c2nc(OC[C@@H]3CC(c4ccc(N5CCc6c(nc(OC[C@H]7CN(C)CCO7)nc6N6CCN(C(=O)C=C)[C@@H](CC#N)C6)C5)c5ccccc45)CN3C)nc3c2CCN(c2ccccc2C(F)F)C3)CC1CC#N. The Morgan fingerprint density at radius 3 is 1.83 bits per heavy atom. The van der Waals surface area contributed by atoms with Crippen LogP contribution < -0.4 is 29.1 Å². The second kappa shape index (κ2) is 24.6. The van der Waals surface area contributed by atoms with Crippen LogP contribution in [0.2, 0.25) is 0 Å². The molecule has 4 saturated heterocycles. The molecule has 0 N–H and O–H groups in total. The molecule has 82 heavy (non-hydrogen) atoms. The zero-order chi connectivity index (χ0) is 57.0. The van der Waals surface area contributed by atoms with Gasteiger partial charge in [-0.1, -0.05) is 61.7 Å². The van der Waals surface area contributed by atoms with Crippen LogP contribution in [-0.2, 0) is 40.3 Å². The van der Waals surface area contributed by atoms with Crippen molar-refractivity contribution in [2.24, 2.45) is 0 Å². The molecule has 0 aliphatic carbocycles. The number of likely N-dealkylation sites (tertiary alicyclic amines) is 1. The van der Waals surface area contributed by atoms with E-state index in [1.807, 2.05) is 4.90 Å². The molecule has 11 rings (SSSR count). The maximum Gasteiger partial charge on any atom is 0.318 e. The number of amides is 2. The van der Waals surface area contributed by atoms with E-state index in [1.165, 1.54) is 29.2 Å². The van der Waals surface area contributed by atoms with Crippen molar-refractivity contribution in [3.05, 3.63) is 120 Å². The Labute approximate surface area is 477 Å². The molecule has 5 atom stereocenters. The number of halogens is 2. The van der Waals surface area contributed by atoms with Crippen molar-refractivity contribution in [3.8, 4) is 24.2 Å². The third-order valence-corrected chi connectivity index (χ3v) is 17.2. The maximum absolute atomic E-state index is 14.3. The van der Waals surface area contributed by atoms with Gasteiger partial charge in [-0.05, 0) is 74.5 Å². The van der Waals surface area contributed by atoms with Gasteiger partial charge in [0.1, 0.15) is 31.0 Å². The summed E-state index contributed by atoms with van der Waals surface area (Å²) in [4.78, 5) is 62.5. The highest BCUT2D eigenvalue weighted by molar-refractivity contribution is 5.97. The molecule has 0 spiro atoms. The summed E-state index contributed by atoms with van der Waals surface area (Å²) in [6.07, 6.45) is 2.16. The standard InChI is InChI=1S/C61H70F2N14O5/c1-5-55(78)76-27-25-74(33-41(76)17-21-64)58-48-19-23-72(53-14-10-9-13-50(53)57(62)63)36-51(48)66-60(68-58)81-38-43-31-40(32-71(43)4)45-15-16-54(47-12-8-7-11-46(45)47)73-24-20-49-52(37-73)67-61(82-39-44-35-70(3)29-30-80-44)69-59(49)75-26-28-77(56(79)6-2)42(34-75)18-22-65/h5-16,40-44,57H,1-2,17-20,23-39H2,3-4H3/t40?,41?,42-,43-,44+/m0/s1. The topological polar surface area (TPSA) is 187 Å². The quantitative estimate of drug-likeness (QED) is 0.100. The predicted molar refractivity (Wildman–Crippen MR) is 307 cm³/mol. The average molecular weight is 1120 g/mol. The van der Waals surface area contributed by atoms with Gasteiger partial charge in [0, 0.05) is 111 Å². The van der Waals surface area contributed by atoms with Crippen molar-refractivity contribution in [2.75, 3.05) is 126 Å². The van der Waals surface area contributed by atoms with E-state index in [9.17, 15) is 28.9 Å². The Morgan fingerprint density at radius 1 is 0.671 bits per heavy atom. The third kappa shape index (κ3) is 11.6. The van der Waals surface area contributed by atoms with Gasteiger partial charge in [0.15, 0.2) is 0 Å². The number of fused-ring (bicyclic) bond motifs is 3. The second-order valence-electron chi connectivity index (χ2n) is 22.2. The molecule has 5 aromatic rings. The molecule has 2 aromatic heterocycles. The number of carbonyl (C=O) groups excluding carboxylic acids is 2. The molecule has 428 valence electrons. The number of carbonyl (C=O) groups is 2. The van der Waals surface area contributed by atoms with Crippen molar-refractivity contribution in [3.63, 3.8) is 0 Å². The number of rotatable bonds is 16. The molecule has 2 amide bonds. The van der Waals surface area contributed by atoms with Gasteiger partial charge in [-0.2, -0.15) is 30.5 Å². The van der Waals surface area contributed by atoms with Crippen molar-refractivity contribution < 1.29 is 32.6 Å². The fraction of sp³-hybridized carbons (Fsp3) is 0.475. The first-order valence-corrected chi connectivity index (χ1v) is 28.5. The van der Waals surface area contributed by atoms with Gasteiger partial charge in [-0.25, -0.2) is 8.78 Å². The fourth-order valence-corrected chi connectivity index (χ4v) is 13.0. The first-order valence-electron chi connectivity index (χ1n) is 28.5.